The molecule has 0 radical (unpaired) electrons. The van der Waals surface area contributed by atoms with E-state index in [1.165, 1.54) is 15.9 Å². The molecule has 3 aromatic carbocycles. The van der Waals surface area contributed by atoms with Crippen LogP contribution in [-0.2, 0) is 6.54 Å². The summed E-state index contributed by atoms with van der Waals surface area (Å²) in [6.07, 6.45) is 0. The van der Waals surface area contributed by atoms with Gasteiger partial charge in [0.1, 0.15) is 5.75 Å². The van der Waals surface area contributed by atoms with Crippen LogP contribution < -0.4 is 20.9 Å². The molecule has 1 amide bonds. The highest BCUT2D eigenvalue weighted by atomic mass is 32.1. The van der Waals surface area contributed by atoms with Crippen molar-refractivity contribution in [3.8, 4) is 5.75 Å². The summed E-state index contributed by atoms with van der Waals surface area (Å²) in [5, 5.41) is 11.5. The molecule has 0 bridgehead atoms. The summed E-state index contributed by atoms with van der Waals surface area (Å²) in [5.74, 6) is 0.444. The maximum atomic E-state index is 13.0. The number of fused-ring (bicyclic) bond motifs is 2. The highest BCUT2D eigenvalue weighted by Gasteiger charge is 2.14. The fraction of sp³-hybridized carbons (Fsp3) is 0.120. The van der Waals surface area contributed by atoms with Crippen LogP contribution in [0.2, 0.25) is 0 Å². The third-order valence-electron chi connectivity index (χ3n) is 5.48. The number of ether oxygens (including phenoxy) is 1. The summed E-state index contributed by atoms with van der Waals surface area (Å²) in [5.41, 5.74) is 3.43. The monoisotopic (exact) mass is 471 g/mol. The minimum atomic E-state index is -0.282. The van der Waals surface area contributed by atoms with Gasteiger partial charge in [0.15, 0.2) is 0 Å². The molecule has 0 saturated carbocycles. The highest BCUT2D eigenvalue weighted by Crippen LogP contribution is 2.25. The van der Waals surface area contributed by atoms with E-state index in [1.54, 1.807) is 25.3 Å². The minimum absolute atomic E-state index is 0.263. The number of carbonyl (C=O) groups excluding carboxylic acids is 1. The molecule has 0 aliphatic carbocycles. The van der Waals surface area contributed by atoms with Crippen molar-refractivity contribution in [3.05, 3.63) is 93.8 Å². The van der Waals surface area contributed by atoms with Crippen molar-refractivity contribution in [1.82, 2.24) is 19.9 Å². The Hall–Kier alpha value is -4.24. The first-order valence-electron chi connectivity index (χ1n) is 10.6. The zero-order valence-electron chi connectivity index (χ0n) is 18.5. The summed E-state index contributed by atoms with van der Waals surface area (Å²) < 4.78 is 6.62. The Bertz CT molecular complexity index is 1590. The van der Waals surface area contributed by atoms with Gasteiger partial charge in [0.2, 0.25) is 10.1 Å². The normalized spacial score (nSPS) is 11.0. The van der Waals surface area contributed by atoms with Gasteiger partial charge in [-0.25, -0.2) is 4.98 Å². The lowest BCUT2D eigenvalue weighted by Crippen LogP contribution is -2.23. The molecule has 9 heteroatoms. The molecule has 0 fully saturated rings. The predicted octanol–water partition coefficient (Wildman–Crippen LogP) is 4.29. The van der Waals surface area contributed by atoms with Crippen molar-refractivity contribution >= 4 is 43.9 Å². The first-order valence-corrected chi connectivity index (χ1v) is 11.4. The molecule has 0 aliphatic rings. The van der Waals surface area contributed by atoms with E-state index in [1.807, 2.05) is 55.5 Å². The fourth-order valence-electron chi connectivity index (χ4n) is 3.65. The van der Waals surface area contributed by atoms with Crippen molar-refractivity contribution in [2.24, 2.45) is 0 Å². The Kier molecular flexibility index (Phi) is 5.69. The number of nitrogens with zero attached hydrogens (tertiary/aromatic N) is 3. The molecule has 5 aromatic rings. The Morgan fingerprint density at radius 2 is 1.88 bits per heavy atom. The van der Waals surface area contributed by atoms with Crippen LogP contribution in [0.3, 0.4) is 0 Å². The van der Waals surface area contributed by atoms with Gasteiger partial charge in [-0.15, -0.1) is 5.10 Å². The van der Waals surface area contributed by atoms with Gasteiger partial charge in [-0.05, 0) is 42.8 Å². The molecule has 0 spiro atoms. The van der Waals surface area contributed by atoms with E-state index in [0.717, 1.165) is 16.8 Å². The first-order chi connectivity index (χ1) is 16.5. The van der Waals surface area contributed by atoms with Gasteiger partial charge >= 0.3 is 0 Å². The molecule has 5 rings (SSSR count). The molecule has 0 saturated heterocycles. The lowest BCUT2D eigenvalue weighted by Gasteiger charge is -2.09. The molecular formula is C25H21N5O3S. The lowest BCUT2D eigenvalue weighted by molar-refractivity contribution is 0.0951. The van der Waals surface area contributed by atoms with E-state index in [-0.39, 0.29) is 11.5 Å². The third kappa shape index (κ3) is 4.08. The molecule has 8 nitrogen and oxygen atoms in total. The van der Waals surface area contributed by atoms with E-state index in [0.29, 0.717) is 38.9 Å². The zero-order valence-corrected chi connectivity index (χ0v) is 19.3. The van der Waals surface area contributed by atoms with Gasteiger partial charge in [0.05, 0.1) is 18.0 Å². The molecule has 170 valence electrons. The van der Waals surface area contributed by atoms with Gasteiger partial charge in [-0.3, -0.25) is 9.59 Å². The van der Waals surface area contributed by atoms with Crippen LogP contribution in [0.4, 0.5) is 10.8 Å². The molecule has 34 heavy (non-hydrogen) atoms. The summed E-state index contributed by atoms with van der Waals surface area (Å²) in [6.45, 7) is 2.31. The van der Waals surface area contributed by atoms with Crippen LogP contribution in [0.1, 0.15) is 21.5 Å². The van der Waals surface area contributed by atoms with Crippen molar-refractivity contribution in [3.63, 3.8) is 0 Å². The largest absolute Gasteiger partial charge is 0.496 e. The smallest absolute Gasteiger partial charge is 0.283 e. The van der Waals surface area contributed by atoms with Gasteiger partial charge in [-0.1, -0.05) is 47.7 Å². The second kappa shape index (κ2) is 8.95. The molecule has 2 heterocycles. The number of carbonyl (C=O) groups is 1. The summed E-state index contributed by atoms with van der Waals surface area (Å²) in [7, 11) is 1.59. The van der Waals surface area contributed by atoms with E-state index in [9.17, 15) is 9.59 Å². The minimum Gasteiger partial charge on any atom is -0.496 e. The number of amides is 1. The van der Waals surface area contributed by atoms with Crippen LogP contribution in [0.25, 0.3) is 15.9 Å². The van der Waals surface area contributed by atoms with Crippen LogP contribution in [-0.4, -0.2) is 27.6 Å². The first kappa shape index (κ1) is 21.6. The second-order valence-electron chi connectivity index (χ2n) is 7.68. The number of benzene rings is 3. The lowest BCUT2D eigenvalue weighted by atomic mass is 10.1. The molecule has 0 atom stereocenters. The fourth-order valence-corrected chi connectivity index (χ4v) is 4.47. The standard InChI is InChI=1S/C25H21N5O3S/c1-15-7-3-5-9-19(15)27-24-29-30-23(32)18-12-11-16(13-20(18)28-25(30)34-24)22(31)26-14-17-8-4-6-10-21(17)33-2/h3-13H,14H2,1-2H3,(H,26,31)(H,27,29). The van der Waals surface area contributed by atoms with E-state index < -0.39 is 0 Å². The quantitative estimate of drug-likeness (QED) is 0.383. The van der Waals surface area contributed by atoms with E-state index in [2.05, 4.69) is 20.7 Å². The third-order valence-corrected chi connectivity index (χ3v) is 6.30. The number of anilines is 2. The Labute approximate surface area is 198 Å². The number of rotatable bonds is 6. The number of hydrogen-bond donors (Lipinski definition) is 2. The van der Waals surface area contributed by atoms with E-state index >= 15 is 0 Å². The van der Waals surface area contributed by atoms with Crippen LogP contribution in [0, 0.1) is 6.92 Å². The molecular weight excluding hydrogens is 450 g/mol. The summed E-state index contributed by atoms with van der Waals surface area (Å²) in [6, 6.07) is 20.2. The van der Waals surface area contributed by atoms with Gasteiger partial charge in [-0.2, -0.15) is 4.52 Å². The Balaban J connectivity index is 1.43. The maximum absolute atomic E-state index is 13.0. The van der Waals surface area contributed by atoms with Crippen molar-refractivity contribution in [2.75, 3.05) is 12.4 Å². The number of para-hydroxylation sites is 2. The highest BCUT2D eigenvalue weighted by molar-refractivity contribution is 7.20. The van der Waals surface area contributed by atoms with Gasteiger partial charge < -0.3 is 15.4 Å². The van der Waals surface area contributed by atoms with Crippen molar-refractivity contribution < 1.29 is 9.53 Å². The number of methoxy groups -OCH3 is 1. The summed E-state index contributed by atoms with van der Waals surface area (Å²) >= 11 is 1.27. The van der Waals surface area contributed by atoms with E-state index in [4.69, 9.17) is 4.74 Å². The number of aryl methyl sites for hydroxylation is 1. The number of aromatic nitrogens is 3. The Morgan fingerprint density at radius 1 is 1.09 bits per heavy atom. The van der Waals surface area contributed by atoms with Crippen LogP contribution >= 0.6 is 11.3 Å². The summed E-state index contributed by atoms with van der Waals surface area (Å²) in [4.78, 5) is 30.8. The number of hydrogen-bond acceptors (Lipinski definition) is 7. The zero-order chi connectivity index (χ0) is 23.7. The molecule has 0 unspecified atom stereocenters. The van der Waals surface area contributed by atoms with Gasteiger partial charge in [0, 0.05) is 23.4 Å². The Morgan fingerprint density at radius 3 is 2.71 bits per heavy atom. The second-order valence-corrected chi connectivity index (χ2v) is 8.64. The number of nitrogens with one attached hydrogen (secondary N) is 2. The molecule has 2 N–H and O–H groups in total. The van der Waals surface area contributed by atoms with Crippen molar-refractivity contribution in [1.29, 1.82) is 0 Å². The predicted molar refractivity (Wildman–Crippen MR) is 133 cm³/mol. The molecule has 0 aliphatic heterocycles. The van der Waals surface area contributed by atoms with Crippen LogP contribution in [0.5, 0.6) is 5.75 Å². The average molecular weight is 472 g/mol. The van der Waals surface area contributed by atoms with Crippen molar-refractivity contribution in [2.45, 2.75) is 13.5 Å². The molecule has 2 aromatic heterocycles. The van der Waals surface area contributed by atoms with Gasteiger partial charge in [0.25, 0.3) is 11.5 Å². The average Bonchev–Trinajstić information content (AvgIpc) is 3.26. The SMILES string of the molecule is COc1ccccc1CNC(=O)c1ccc2c(=O)n3nc(Nc4ccccc4C)sc3nc2c1. The van der Waals surface area contributed by atoms with Crippen LogP contribution in [0.15, 0.2) is 71.5 Å². The topological polar surface area (TPSA) is 97.6 Å². The maximum Gasteiger partial charge on any atom is 0.283 e.